The van der Waals surface area contributed by atoms with Crippen molar-refractivity contribution in [2.24, 2.45) is 0 Å². The normalized spacial score (nSPS) is 13.6. The van der Waals surface area contributed by atoms with Crippen LogP contribution in [0.15, 0.2) is 65.8 Å². The highest BCUT2D eigenvalue weighted by atomic mass is 19.1. The number of hydrogen-bond acceptors (Lipinski definition) is 7. The highest BCUT2D eigenvalue weighted by Gasteiger charge is 2.30. The van der Waals surface area contributed by atoms with Crippen LogP contribution in [0, 0.1) is 11.6 Å². The van der Waals surface area contributed by atoms with Crippen LogP contribution >= 0.6 is 0 Å². The molecular weight excluding hydrogens is 470 g/mol. The summed E-state index contributed by atoms with van der Waals surface area (Å²) >= 11 is 0. The topological polar surface area (TPSA) is 100 Å². The SMILES string of the molecule is CCOC1CN(c2nccc(Oc3ccc(-n4ncn(Cc5c(F)cccc5F)c4=O)cc3)c2N)C1. The van der Waals surface area contributed by atoms with Crippen LogP contribution in [0.4, 0.5) is 20.3 Å². The largest absolute Gasteiger partial charge is 0.455 e. The number of nitrogens with zero attached hydrogens (tertiary/aromatic N) is 5. The Morgan fingerprint density at radius 1 is 1.08 bits per heavy atom. The van der Waals surface area contributed by atoms with Crippen molar-refractivity contribution in [3.63, 3.8) is 0 Å². The molecule has 1 fully saturated rings. The third-order valence-electron chi connectivity index (χ3n) is 5.91. The van der Waals surface area contributed by atoms with E-state index in [1.807, 2.05) is 11.8 Å². The second-order valence-corrected chi connectivity index (χ2v) is 8.28. The standard InChI is InChI=1S/C25H24F2N6O3/c1-2-35-18-12-31(13-18)24-23(28)22(10-11-29-24)36-17-8-6-16(7-9-17)33-25(34)32(15-30-33)14-19-20(26)4-3-5-21(19)27/h3-11,15,18H,2,12-14,28H2,1H3. The van der Waals surface area contributed by atoms with Gasteiger partial charge in [-0.2, -0.15) is 9.78 Å². The fourth-order valence-corrected chi connectivity index (χ4v) is 3.99. The van der Waals surface area contributed by atoms with Crippen LogP contribution < -0.4 is 21.1 Å². The molecule has 3 heterocycles. The molecule has 36 heavy (non-hydrogen) atoms. The van der Waals surface area contributed by atoms with Gasteiger partial charge in [0, 0.05) is 37.5 Å². The highest BCUT2D eigenvalue weighted by molar-refractivity contribution is 5.71. The molecule has 2 aromatic carbocycles. The van der Waals surface area contributed by atoms with Gasteiger partial charge in [0.05, 0.1) is 18.3 Å². The van der Waals surface area contributed by atoms with E-state index in [-0.39, 0.29) is 18.2 Å². The van der Waals surface area contributed by atoms with Crippen molar-refractivity contribution in [2.45, 2.75) is 19.6 Å². The maximum absolute atomic E-state index is 14.0. The Labute approximate surface area is 205 Å². The second kappa shape index (κ2) is 9.78. The van der Waals surface area contributed by atoms with E-state index in [1.165, 1.54) is 12.4 Å². The summed E-state index contributed by atoms with van der Waals surface area (Å²) in [4.78, 5) is 19.2. The Balaban J connectivity index is 1.30. The first-order valence-corrected chi connectivity index (χ1v) is 11.4. The smallest absolute Gasteiger partial charge is 0.350 e. The summed E-state index contributed by atoms with van der Waals surface area (Å²) in [6.45, 7) is 3.79. The lowest BCUT2D eigenvalue weighted by Crippen LogP contribution is -2.52. The summed E-state index contributed by atoms with van der Waals surface area (Å²) in [5, 5.41) is 4.07. The number of anilines is 2. The quantitative estimate of drug-likeness (QED) is 0.401. The molecule has 1 aliphatic heterocycles. The molecule has 0 spiro atoms. The first-order valence-electron chi connectivity index (χ1n) is 11.4. The van der Waals surface area contributed by atoms with E-state index in [2.05, 4.69) is 10.1 Å². The summed E-state index contributed by atoms with van der Waals surface area (Å²) < 4.78 is 41.8. The molecule has 1 aliphatic rings. The van der Waals surface area contributed by atoms with Crippen LogP contribution in [0.2, 0.25) is 0 Å². The predicted octanol–water partition coefficient (Wildman–Crippen LogP) is 3.36. The van der Waals surface area contributed by atoms with Crippen LogP contribution in [-0.2, 0) is 11.3 Å². The minimum atomic E-state index is -0.724. The van der Waals surface area contributed by atoms with Gasteiger partial charge in [-0.15, -0.1) is 0 Å². The average molecular weight is 495 g/mol. The van der Waals surface area contributed by atoms with E-state index in [9.17, 15) is 13.6 Å². The molecule has 2 N–H and O–H groups in total. The molecule has 0 bridgehead atoms. The summed E-state index contributed by atoms with van der Waals surface area (Å²) in [6.07, 6.45) is 3.04. The fourth-order valence-electron chi connectivity index (χ4n) is 3.99. The number of rotatable bonds is 8. The molecule has 0 amide bonds. The molecule has 9 nitrogen and oxygen atoms in total. The zero-order valence-electron chi connectivity index (χ0n) is 19.5. The molecule has 11 heteroatoms. The lowest BCUT2D eigenvalue weighted by molar-refractivity contribution is 0.0427. The van der Waals surface area contributed by atoms with Crippen molar-refractivity contribution in [1.29, 1.82) is 0 Å². The lowest BCUT2D eigenvalue weighted by atomic mass is 10.1. The van der Waals surface area contributed by atoms with Crippen molar-refractivity contribution >= 4 is 11.5 Å². The van der Waals surface area contributed by atoms with Gasteiger partial charge in [0.1, 0.15) is 29.4 Å². The van der Waals surface area contributed by atoms with Crippen LogP contribution in [0.3, 0.4) is 0 Å². The van der Waals surface area contributed by atoms with Crippen molar-refractivity contribution in [3.8, 4) is 17.2 Å². The van der Waals surface area contributed by atoms with E-state index in [0.717, 1.165) is 21.4 Å². The number of ether oxygens (including phenoxy) is 2. The number of halogens is 2. The Hall–Kier alpha value is -4.25. The summed E-state index contributed by atoms with van der Waals surface area (Å²) in [7, 11) is 0. The first kappa shape index (κ1) is 23.5. The lowest BCUT2D eigenvalue weighted by Gasteiger charge is -2.40. The molecule has 2 aromatic heterocycles. The number of nitrogens with two attached hydrogens (primary N) is 1. The zero-order valence-corrected chi connectivity index (χ0v) is 19.5. The van der Waals surface area contributed by atoms with Gasteiger partial charge in [-0.3, -0.25) is 4.57 Å². The predicted molar refractivity (Wildman–Crippen MR) is 130 cm³/mol. The van der Waals surface area contributed by atoms with Crippen molar-refractivity contribution in [1.82, 2.24) is 19.3 Å². The van der Waals surface area contributed by atoms with E-state index in [4.69, 9.17) is 15.2 Å². The first-order chi connectivity index (χ1) is 17.4. The summed E-state index contributed by atoms with van der Waals surface area (Å²) in [5.74, 6) is 0.152. The number of aromatic nitrogens is 4. The Kier molecular flexibility index (Phi) is 6.38. The highest BCUT2D eigenvalue weighted by Crippen LogP contribution is 2.35. The van der Waals surface area contributed by atoms with E-state index in [0.29, 0.717) is 48.4 Å². The van der Waals surface area contributed by atoms with Gasteiger partial charge < -0.3 is 20.1 Å². The van der Waals surface area contributed by atoms with Crippen LogP contribution in [0.1, 0.15) is 12.5 Å². The van der Waals surface area contributed by atoms with E-state index in [1.54, 1.807) is 36.5 Å². The van der Waals surface area contributed by atoms with Gasteiger partial charge in [0.15, 0.2) is 11.6 Å². The summed E-state index contributed by atoms with van der Waals surface area (Å²) in [6, 6.07) is 11.9. The summed E-state index contributed by atoms with van der Waals surface area (Å²) in [5.41, 5.74) is 6.46. The van der Waals surface area contributed by atoms with E-state index < -0.39 is 17.3 Å². The van der Waals surface area contributed by atoms with Gasteiger partial charge >= 0.3 is 5.69 Å². The third kappa shape index (κ3) is 4.52. The molecule has 5 rings (SSSR count). The molecular formula is C25H24F2N6O3. The van der Waals surface area contributed by atoms with Crippen LogP contribution in [0.25, 0.3) is 5.69 Å². The maximum Gasteiger partial charge on any atom is 0.350 e. The van der Waals surface area contributed by atoms with Gasteiger partial charge in [0.25, 0.3) is 0 Å². The van der Waals surface area contributed by atoms with Crippen molar-refractivity contribution in [3.05, 3.63) is 88.7 Å². The minimum absolute atomic E-state index is 0.172. The molecule has 0 radical (unpaired) electrons. The van der Waals surface area contributed by atoms with E-state index >= 15 is 0 Å². The molecule has 0 saturated carbocycles. The molecule has 0 atom stereocenters. The molecule has 0 aliphatic carbocycles. The molecule has 186 valence electrons. The van der Waals surface area contributed by atoms with Gasteiger partial charge in [-0.05, 0) is 43.3 Å². The van der Waals surface area contributed by atoms with Crippen molar-refractivity contribution < 1.29 is 18.3 Å². The van der Waals surface area contributed by atoms with Crippen LogP contribution in [-0.4, -0.2) is 45.1 Å². The Morgan fingerprint density at radius 2 is 1.81 bits per heavy atom. The zero-order chi connectivity index (χ0) is 25.2. The minimum Gasteiger partial charge on any atom is -0.455 e. The number of nitrogen functional groups attached to an aromatic ring is 1. The monoisotopic (exact) mass is 494 g/mol. The maximum atomic E-state index is 14.0. The number of benzene rings is 2. The molecule has 1 saturated heterocycles. The Bertz CT molecular complexity index is 1410. The third-order valence-corrected chi connectivity index (χ3v) is 5.91. The van der Waals surface area contributed by atoms with Crippen LogP contribution in [0.5, 0.6) is 11.5 Å². The number of pyridine rings is 1. The van der Waals surface area contributed by atoms with Gasteiger partial charge in [-0.25, -0.2) is 18.6 Å². The molecule has 4 aromatic rings. The molecule has 0 unspecified atom stereocenters. The fraction of sp³-hybridized carbons (Fsp3) is 0.240. The average Bonchev–Trinajstić information content (AvgIpc) is 3.21. The Morgan fingerprint density at radius 3 is 2.50 bits per heavy atom. The second-order valence-electron chi connectivity index (χ2n) is 8.28. The number of hydrogen-bond donors (Lipinski definition) is 1. The van der Waals surface area contributed by atoms with Gasteiger partial charge in [0.2, 0.25) is 0 Å². The van der Waals surface area contributed by atoms with Crippen molar-refractivity contribution in [2.75, 3.05) is 30.3 Å². The van der Waals surface area contributed by atoms with Gasteiger partial charge in [-0.1, -0.05) is 6.07 Å².